The summed E-state index contributed by atoms with van der Waals surface area (Å²) in [5.41, 5.74) is 3.08. The van der Waals surface area contributed by atoms with Gasteiger partial charge >= 0.3 is 0 Å². The Morgan fingerprint density at radius 1 is 0.479 bits per heavy atom. The zero-order chi connectivity index (χ0) is 33.6. The Morgan fingerprint density at radius 2 is 0.833 bits per heavy atom. The SMILES string of the molecule is CCCCCCCC[C@@H]1CO[C@@H](C2CCC(c3ccc(C4CCC([C@@H]5OC[C@@H](CCCCCCCC)C(C)O5)CC4)cc3)CC2)OC1C. The number of benzene rings is 1. The normalized spacial score (nSPS) is 34.7. The van der Waals surface area contributed by atoms with Crippen LogP contribution in [-0.2, 0) is 18.9 Å². The highest BCUT2D eigenvalue weighted by molar-refractivity contribution is 5.28. The van der Waals surface area contributed by atoms with Crippen molar-refractivity contribution >= 4 is 0 Å². The van der Waals surface area contributed by atoms with E-state index in [9.17, 15) is 0 Å². The molecule has 1 aromatic rings. The maximum Gasteiger partial charge on any atom is 0.160 e. The van der Waals surface area contributed by atoms with E-state index < -0.39 is 0 Å². The summed E-state index contributed by atoms with van der Waals surface area (Å²) < 4.78 is 25.7. The van der Waals surface area contributed by atoms with Gasteiger partial charge in [-0.2, -0.15) is 0 Å². The zero-order valence-electron chi connectivity index (χ0n) is 31.7. The molecule has 0 spiro atoms. The molecule has 1 aromatic carbocycles. The van der Waals surface area contributed by atoms with Crippen LogP contribution < -0.4 is 0 Å². The van der Waals surface area contributed by atoms with E-state index in [2.05, 4.69) is 52.0 Å². The van der Waals surface area contributed by atoms with E-state index in [0.717, 1.165) is 13.2 Å². The summed E-state index contributed by atoms with van der Waals surface area (Å²) in [6.07, 6.45) is 29.5. The van der Waals surface area contributed by atoms with E-state index in [-0.39, 0.29) is 12.6 Å². The van der Waals surface area contributed by atoms with Gasteiger partial charge in [0.15, 0.2) is 12.6 Å². The number of hydrogen-bond acceptors (Lipinski definition) is 4. The topological polar surface area (TPSA) is 36.9 Å². The van der Waals surface area contributed by atoms with Gasteiger partial charge in [-0.1, -0.05) is 115 Å². The first-order chi connectivity index (χ1) is 23.6. The lowest BCUT2D eigenvalue weighted by atomic mass is 9.76. The van der Waals surface area contributed by atoms with Gasteiger partial charge in [0.25, 0.3) is 0 Å². The van der Waals surface area contributed by atoms with Crippen molar-refractivity contribution in [1.29, 1.82) is 0 Å². The van der Waals surface area contributed by atoms with Crippen LogP contribution in [0.2, 0.25) is 0 Å². The first-order valence-electron chi connectivity index (χ1n) is 21.2. The lowest BCUT2D eigenvalue weighted by Crippen LogP contribution is -2.42. The highest BCUT2D eigenvalue weighted by Crippen LogP contribution is 2.43. The average molecular weight is 667 g/mol. The fourth-order valence-electron chi connectivity index (χ4n) is 9.43. The second-order valence-corrected chi connectivity index (χ2v) is 16.6. The smallest absolute Gasteiger partial charge is 0.160 e. The Kier molecular flexibility index (Phi) is 16.6. The molecule has 2 heterocycles. The largest absolute Gasteiger partial charge is 0.352 e. The minimum atomic E-state index is 0.0124. The van der Waals surface area contributed by atoms with Crippen LogP contribution in [0.25, 0.3) is 0 Å². The Hall–Kier alpha value is -0.940. The number of rotatable bonds is 18. The van der Waals surface area contributed by atoms with Crippen LogP contribution in [0.5, 0.6) is 0 Å². The average Bonchev–Trinajstić information content (AvgIpc) is 3.12. The third-order valence-corrected chi connectivity index (χ3v) is 13.0. The summed E-state index contributed by atoms with van der Waals surface area (Å²) in [6, 6.07) is 9.81. The molecule has 0 aromatic heterocycles. The molecule has 4 heteroatoms. The van der Waals surface area contributed by atoms with Crippen LogP contribution >= 0.6 is 0 Å². The second kappa shape index (κ2) is 20.8. The van der Waals surface area contributed by atoms with E-state index in [4.69, 9.17) is 18.9 Å². The van der Waals surface area contributed by atoms with Crippen molar-refractivity contribution < 1.29 is 18.9 Å². The third kappa shape index (κ3) is 11.5. The summed E-state index contributed by atoms with van der Waals surface area (Å²) in [4.78, 5) is 0. The highest BCUT2D eigenvalue weighted by Gasteiger charge is 2.37. The molecule has 5 rings (SSSR count). The van der Waals surface area contributed by atoms with E-state index in [1.54, 1.807) is 0 Å². The molecule has 2 unspecified atom stereocenters. The van der Waals surface area contributed by atoms with Crippen molar-refractivity contribution in [3.8, 4) is 0 Å². The van der Waals surface area contributed by atoms with Gasteiger partial charge in [0.2, 0.25) is 0 Å². The predicted molar refractivity (Wildman–Crippen MR) is 199 cm³/mol. The first-order valence-corrected chi connectivity index (χ1v) is 21.2. The summed E-state index contributed by atoms with van der Waals surface area (Å²) in [5, 5.41) is 0. The molecule has 0 bridgehead atoms. The molecule has 4 aliphatic rings. The maximum absolute atomic E-state index is 6.50. The molecule has 4 nitrogen and oxygen atoms in total. The molecule has 2 aliphatic heterocycles. The van der Waals surface area contributed by atoms with Crippen molar-refractivity contribution in [2.45, 2.75) is 206 Å². The summed E-state index contributed by atoms with van der Waals surface area (Å²) in [5.74, 6) is 3.61. The molecule has 0 amide bonds. The van der Waals surface area contributed by atoms with Gasteiger partial charge in [-0.3, -0.25) is 0 Å². The summed E-state index contributed by atoms with van der Waals surface area (Å²) >= 11 is 0. The van der Waals surface area contributed by atoms with E-state index >= 15 is 0 Å². The van der Waals surface area contributed by atoms with Gasteiger partial charge in [-0.05, 0) is 101 Å². The van der Waals surface area contributed by atoms with Crippen LogP contribution in [0, 0.1) is 23.7 Å². The Labute approximate surface area is 296 Å². The molecule has 4 fully saturated rings. The van der Waals surface area contributed by atoms with Gasteiger partial charge in [0.05, 0.1) is 25.4 Å². The van der Waals surface area contributed by atoms with Gasteiger partial charge < -0.3 is 18.9 Å². The third-order valence-electron chi connectivity index (χ3n) is 13.0. The van der Waals surface area contributed by atoms with Crippen molar-refractivity contribution in [3.05, 3.63) is 35.4 Å². The summed E-state index contributed by atoms with van der Waals surface area (Å²) in [6.45, 7) is 11.0. The molecular weight excluding hydrogens is 592 g/mol. The number of hydrogen-bond donors (Lipinski definition) is 0. The lowest BCUT2D eigenvalue weighted by Gasteiger charge is -2.41. The van der Waals surface area contributed by atoms with Crippen molar-refractivity contribution in [1.82, 2.24) is 0 Å². The van der Waals surface area contributed by atoms with Gasteiger partial charge in [0, 0.05) is 23.7 Å². The van der Waals surface area contributed by atoms with Crippen LogP contribution in [0.1, 0.15) is 192 Å². The highest BCUT2D eigenvalue weighted by atomic mass is 16.7. The standard InChI is InChI=1S/C44H74O4/c1-5-7-9-11-13-15-17-41-31-45-43(47-33(41)3)39-27-23-37(24-28-39)35-19-21-36(22-20-35)38-25-29-40(30-26-38)44-46-32-42(34(4)48-44)18-16-14-12-10-8-6-2/h19-22,33-34,37-44H,5-18,23-32H2,1-4H3/t33?,34?,37?,38?,39?,40?,41-,42-,43-,44-/m1/s1. The summed E-state index contributed by atoms with van der Waals surface area (Å²) in [7, 11) is 0. The fraction of sp³-hybridized carbons (Fsp3) is 0.864. The number of ether oxygens (including phenoxy) is 4. The van der Waals surface area contributed by atoms with Crippen LogP contribution in [-0.4, -0.2) is 38.0 Å². The number of unbranched alkanes of at least 4 members (excludes halogenated alkanes) is 10. The van der Waals surface area contributed by atoms with Crippen LogP contribution in [0.4, 0.5) is 0 Å². The molecule has 274 valence electrons. The molecular formula is C44H74O4. The quantitative estimate of drug-likeness (QED) is 0.146. The van der Waals surface area contributed by atoms with Gasteiger partial charge in [-0.25, -0.2) is 0 Å². The van der Waals surface area contributed by atoms with Crippen molar-refractivity contribution in [3.63, 3.8) is 0 Å². The van der Waals surface area contributed by atoms with E-state index in [1.165, 1.54) is 152 Å². The van der Waals surface area contributed by atoms with Gasteiger partial charge in [-0.15, -0.1) is 0 Å². The minimum absolute atomic E-state index is 0.0124. The monoisotopic (exact) mass is 667 g/mol. The van der Waals surface area contributed by atoms with Crippen LogP contribution in [0.3, 0.4) is 0 Å². The maximum atomic E-state index is 6.50. The van der Waals surface area contributed by atoms with E-state index in [0.29, 0.717) is 47.7 Å². The molecule has 0 radical (unpaired) electrons. The van der Waals surface area contributed by atoms with Crippen molar-refractivity contribution in [2.75, 3.05) is 13.2 Å². The van der Waals surface area contributed by atoms with Crippen LogP contribution in [0.15, 0.2) is 24.3 Å². The lowest BCUT2D eigenvalue weighted by molar-refractivity contribution is -0.257. The fourth-order valence-corrected chi connectivity index (χ4v) is 9.43. The molecule has 48 heavy (non-hydrogen) atoms. The predicted octanol–water partition coefficient (Wildman–Crippen LogP) is 12.5. The Balaban J connectivity index is 0.964. The molecule has 6 atom stereocenters. The van der Waals surface area contributed by atoms with Gasteiger partial charge in [0.1, 0.15) is 0 Å². The minimum Gasteiger partial charge on any atom is -0.352 e. The zero-order valence-corrected chi connectivity index (χ0v) is 31.7. The molecule has 0 N–H and O–H groups in total. The van der Waals surface area contributed by atoms with Crippen molar-refractivity contribution in [2.24, 2.45) is 23.7 Å². The van der Waals surface area contributed by atoms with E-state index in [1.807, 2.05) is 0 Å². The second-order valence-electron chi connectivity index (χ2n) is 16.6. The Bertz CT molecular complexity index is 899. The molecule has 2 saturated carbocycles. The first kappa shape index (κ1) is 38.3. The molecule has 2 aliphatic carbocycles. The Morgan fingerprint density at radius 3 is 1.19 bits per heavy atom. The molecule has 2 saturated heterocycles.